The average Bonchev–Trinajstić information content (AvgIpc) is 2.04. The largest absolute Gasteiger partial charge is 0.295 e. The summed E-state index contributed by atoms with van der Waals surface area (Å²) in [6.45, 7) is 0. The van der Waals surface area contributed by atoms with Crippen LogP contribution in [0.5, 0.6) is 0 Å². The Morgan fingerprint density at radius 3 is 2.77 bits per heavy atom. The Morgan fingerprint density at radius 2 is 2.23 bits per heavy atom. The molecule has 1 rings (SSSR count). The van der Waals surface area contributed by atoms with E-state index in [2.05, 4.69) is 20.9 Å². The Bertz CT molecular complexity index is 399. The average molecular weight is 243 g/mol. The summed E-state index contributed by atoms with van der Waals surface area (Å²) in [5.74, 6) is 0. The van der Waals surface area contributed by atoms with Gasteiger partial charge in [-0.25, -0.2) is 4.79 Å². The highest BCUT2D eigenvalue weighted by atomic mass is 79.9. The van der Waals surface area contributed by atoms with Crippen LogP contribution in [0.4, 0.5) is 11.4 Å². The van der Waals surface area contributed by atoms with E-state index in [-0.39, 0.29) is 11.4 Å². The van der Waals surface area contributed by atoms with Gasteiger partial charge < -0.3 is 0 Å². The zero-order valence-electron chi connectivity index (χ0n) is 6.23. The molecule has 0 spiro atoms. The molecule has 0 atom stereocenters. The van der Waals surface area contributed by atoms with E-state index in [4.69, 9.17) is 0 Å². The van der Waals surface area contributed by atoms with Crippen molar-refractivity contribution in [1.82, 2.24) is 0 Å². The Kier molecular flexibility index (Phi) is 2.89. The first kappa shape index (κ1) is 9.57. The fourth-order valence-corrected chi connectivity index (χ4v) is 1.14. The zero-order chi connectivity index (χ0) is 9.84. The van der Waals surface area contributed by atoms with Gasteiger partial charge in [-0.2, -0.15) is 4.99 Å². The summed E-state index contributed by atoms with van der Waals surface area (Å²) in [5.41, 5.74) is -0.221. The Balaban J connectivity index is 3.34. The topological polar surface area (TPSA) is 72.6 Å². The van der Waals surface area contributed by atoms with Crippen molar-refractivity contribution < 1.29 is 9.72 Å². The maximum atomic E-state index is 10.4. The Hall–Kier alpha value is -1.52. The first-order valence-corrected chi connectivity index (χ1v) is 3.96. The fraction of sp³-hybridized carbons (Fsp3) is 0. The van der Waals surface area contributed by atoms with Crippen LogP contribution in [0.1, 0.15) is 0 Å². The lowest BCUT2D eigenvalue weighted by Gasteiger charge is -1.95. The molecule has 0 amide bonds. The van der Waals surface area contributed by atoms with Gasteiger partial charge in [-0.1, -0.05) is 15.9 Å². The van der Waals surface area contributed by atoms with Crippen molar-refractivity contribution in [2.24, 2.45) is 4.99 Å². The molecular weight excluding hydrogens is 240 g/mol. The van der Waals surface area contributed by atoms with Crippen LogP contribution in [0.2, 0.25) is 0 Å². The summed E-state index contributed by atoms with van der Waals surface area (Å²) in [4.78, 5) is 22.9. The number of nitro groups is 1. The first-order chi connectivity index (χ1) is 6.15. The van der Waals surface area contributed by atoms with E-state index < -0.39 is 4.92 Å². The van der Waals surface area contributed by atoms with Crippen LogP contribution < -0.4 is 0 Å². The molecule has 0 aliphatic carbocycles. The van der Waals surface area contributed by atoms with Gasteiger partial charge in [0.2, 0.25) is 6.08 Å². The lowest BCUT2D eigenvalue weighted by Crippen LogP contribution is -1.87. The standard InChI is InChI=1S/C7H3BrN2O3/c8-5-1-2-7(10(12)13)6(3-5)9-4-11/h1-3H. The molecule has 0 unspecified atom stereocenters. The predicted octanol–water partition coefficient (Wildman–Crippen LogP) is 2.32. The molecule has 6 heteroatoms. The van der Waals surface area contributed by atoms with Crippen molar-refractivity contribution in [3.63, 3.8) is 0 Å². The SMILES string of the molecule is O=C=Nc1cc(Br)ccc1[N+](=O)[O-]. The molecule has 1 aromatic carbocycles. The highest BCUT2D eigenvalue weighted by Gasteiger charge is 2.12. The summed E-state index contributed by atoms with van der Waals surface area (Å²) in [6, 6.07) is 4.14. The van der Waals surface area contributed by atoms with Crippen LogP contribution in [-0.2, 0) is 4.79 Å². The zero-order valence-corrected chi connectivity index (χ0v) is 7.82. The molecular formula is C7H3BrN2O3. The van der Waals surface area contributed by atoms with Crippen molar-refractivity contribution >= 4 is 33.4 Å². The van der Waals surface area contributed by atoms with E-state index in [0.29, 0.717) is 4.47 Å². The van der Waals surface area contributed by atoms with Crippen LogP contribution in [0.3, 0.4) is 0 Å². The molecule has 66 valence electrons. The monoisotopic (exact) mass is 242 g/mol. The maximum Gasteiger partial charge on any atom is 0.295 e. The van der Waals surface area contributed by atoms with Gasteiger partial charge in [0.05, 0.1) is 4.92 Å². The third-order valence-corrected chi connectivity index (χ3v) is 1.79. The number of isocyanates is 1. The van der Waals surface area contributed by atoms with Crippen LogP contribution in [0.25, 0.3) is 0 Å². The van der Waals surface area contributed by atoms with Gasteiger partial charge in [0.1, 0.15) is 0 Å². The summed E-state index contributed by atoms with van der Waals surface area (Å²) in [5, 5.41) is 10.4. The number of carbonyl (C=O) groups excluding carboxylic acids is 1. The molecule has 0 heterocycles. The third-order valence-electron chi connectivity index (χ3n) is 1.30. The molecule has 0 aliphatic rings. The minimum absolute atomic E-state index is 0.00521. The highest BCUT2D eigenvalue weighted by molar-refractivity contribution is 9.10. The van der Waals surface area contributed by atoms with E-state index in [1.165, 1.54) is 24.3 Å². The van der Waals surface area contributed by atoms with Gasteiger partial charge in [-0.15, -0.1) is 0 Å². The maximum absolute atomic E-state index is 10.4. The number of rotatable bonds is 2. The summed E-state index contributed by atoms with van der Waals surface area (Å²) in [7, 11) is 0. The van der Waals surface area contributed by atoms with Crippen molar-refractivity contribution in [3.05, 3.63) is 32.8 Å². The smallest absolute Gasteiger partial charge is 0.258 e. The second kappa shape index (κ2) is 3.93. The van der Waals surface area contributed by atoms with Crippen LogP contribution in [0, 0.1) is 10.1 Å². The second-order valence-corrected chi connectivity index (χ2v) is 3.01. The number of benzene rings is 1. The molecule has 13 heavy (non-hydrogen) atoms. The summed E-state index contributed by atoms with van der Waals surface area (Å²) < 4.78 is 0.618. The Morgan fingerprint density at radius 1 is 1.54 bits per heavy atom. The Labute approximate surface area is 81.4 Å². The number of nitro benzene ring substituents is 1. The van der Waals surface area contributed by atoms with Gasteiger partial charge in [0.25, 0.3) is 5.69 Å². The van der Waals surface area contributed by atoms with Crippen LogP contribution >= 0.6 is 15.9 Å². The van der Waals surface area contributed by atoms with Gasteiger partial charge in [0.15, 0.2) is 5.69 Å². The van der Waals surface area contributed by atoms with Crippen molar-refractivity contribution in [2.75, 3.05) is 0 Å². The van der Waals surface area contributed by atoms with Gasteiger partial charge in [0, 0.05) is 10.5 Å². The minimum atomic E-state index is -0.609. The first-order valence-electron chi connectivity index (χ1n) is 3.17. The number of nitrogens with zero attached hydrogens (tertiary/aromatic N) is 2. The van der Waals surface area contributed by atoms with E-state index in [1.54, 1.807) is 0 Å². The molecule has 0 fully saturated rings. The van der Waals surface area contributed by atoms with Crippen LogP contribution in [-0.4, -0.2) is 11.0 Å². The molecule has 1 aromatic rings. The molecule has 0 bridgehead atoms. The quantitative estimate of drug-likeness (QED) is 0.346. The lowest BCUT2D eigenvalue weighted by molar-refractivity contribution is -0.384. The molecule has 0 radical (unpaired) electrons. The molecule has 0 saturated heterocycles. The van der Waals surface area contributed by atoms with Crippen molar-refractivity contribution in [2.45, 2.75) is 0 Å². The van der Waals surface area contributed by atoms with Crippen molar-refractivity contribution in [1.29, 1.82) is 0 Å². The normalized spacial score (nSPS) is 9.00. The highest BCUT2D eigenvalue weighted by Crippen LogP contribution is 2.29. The predicted molar refractivity (Wildman–Crippen MR) is 48.6 cm³/mol. The molecule has 0 aromatic heterocycles. The molecule has 5 nitrogen and oxygen atoms in total. The number of halogens is 1. The van der Waals surface area contributed by atoms with E-state index in [9.17, 15) is 14.9 Å². The molecule has 0 N–H and O–H groups in total. The number of aliphatic imine (C=N–C) groups is 1. The summed E-state index contributed by atoms with van der Waals surface area (Å²) in [6.07, 6.45) is 1.26. The van der Waals surface area contributed by atoms with Crippen molar-refractivity contribution in [3.8, 4) is 0 Å². The summed E-state index contributed by atoms with van der Waals surface area (Å²) >= 11 is 3.10. The second-order valence-electron chi connectivity index (χ2n) is 2.09. The van der Waals surface area contributed by atoms with Gasteiger partial charge >= 0.3 is 0 Å². The van der Waals surface area contributed by atoms with Gasteiger partial charge in [-0.3, -0.25) is 10.1 Å². The third kappa shape index (κ3) is 2.21. The van der Waals surface area contributed by atoms with E-state index in [0.717, 1.165) is 0 Å². The van der Waals surface area contributed by atoms with E-state index in [1.807, 2.05) is 0 Å². The lowest BCUT2D eigenvalue weighted by atomic mass is 10.3. The number of hydrogen-bond donors (Lipinski definition) is 0. The minimum Gasteiger partial charge on any atom is -0.258 e. The van der Waals surface area contributed by atoms with E-state index >= 15 is 0 Å². The molecule has 0 aliphatic heterocycles. The number of hydrogen-bond acceptors (Lipinski definition) is 4. The van der Waals surface area contributed by atoms with Crippen LogP contribution in [0.15, 0.2) is 27.7 Å². The van der Waals surface area contributed by atoms with Gasteiger partial charge in [-0.05, 0) is 12.1 Å². The fourth-order valence-electron chi connectivity index (χ4n) is 0.790. The molecule has 0 saturated carbocycles.